The van der Waals surface area contributed by atoms with Crippen molar-refractivity contribution in [3.63, 3.8) is 0 Å². The summed E-state index contributed by atoms with van der Waals surface area (Å²) in [5.74, 6) is 0.991. The molecule has 0 saturated heterocycles. The van der Waals surface area contributed by atoms with E-state index in [9.17, 15) is 0 Å². The molecular weight excluding hydrogens is 158 g/mol. The van der Waals surface area contributed by atoms with Gasteiger partial charge in [0, 0.05) is 12.8 Å². The highest BCUT2D eigenvalue weighted by Crippen LogP contribution is 2.51. The Kier molecular flexibility index (Phi) is 2.01. The minimum atomic E-state index is 0.687. The number of hydrogen-bond acceptors (Lipinski definition) is 0. The zero-order chi connectivity index (χ0) is 9.64. The highest BCUT2D eigenvalue weighted by molar-refractivity contribution is 5.89. The third kappa shape index (κ3) is 1.33. The first-order chi connectivity index (χ1) is 6.11. The Hall–Kier alpha value is -0.330. The molecule has 0 N–H and O–H groups in total. The predicted molar refractivity (Wildman–Crippen MR) is 56.4 cm³/mol. The average Bonchev–Trinajstić information content (AvgIpc) is 2.70. The summed E-state index contributed by atoms with van der Waals surface area (Å²) in [5.41, 5.74) is 2.33. The van der Waals surface area contributed by atoms with E-state index >= 15 is 0 Å². The van der Waals surface area contributed by atoms with Crippen LogP contribution in [0.5, 0.6) is 0 Å². The smallest absolute Gasteiger partial charge is 0.219 e. The van der Waals surface area contributed by atoms with E-state index in [-0.39, 0.29) is 0 Å². The molecule has 1 fully saturated rings. The number of nitrogens with zero attached hydrogens (tertiary/aromatic N) is 1. The van der Waals surface area contributed by atoms with E-state index in [1.165, 1.54) is 25.8 Å². The Morgan fingerprint density at radius 1 is 1.38 bits per heavy atom. The highest BCUT2D eigenvalue weighted by Gasteiger charge is 2.56. The Morgan fingerprint density at radius 2 is 2.00 bits per heavy atom. The van der Waals surface area contributed by atoms with Gasteiger partial charge in [0.2, 0.25) is 11.8 Å². The third-order valence-corrected chi connectivity index (χ3v) is 4.30. The minimum Gasteiger partial charge on any atom is -0.219 e. The van der Waals surface area contributed by atoms with Gasteiger partial charge in [-0.25, -0.2) is 4.58 Å². The van der Waals surface area contributed by atoms with Crippen molar-refractivity contribution in [1.29, 1.82) is 0 Å². The first-order valence-corrected chi connectivity index (χ1v) is 5.71. The second-order valence-corrected chi connectivity index (χ2v) is 5.20. The molecule has 2 rings (SSSR count). The van der Waals surface area contributed by atoms with Gasteiger partial charge in [0.05, 0.1) is 0 Å². The number of hydrogen-bond donors (Lipinski definition) is 0. The molecule has 0 aromatic carbocycles. The van der Waals surface area contributed by atoms with Crippen LogP contribution in [0.2, 0.25) is 0 Å². The van der Waals surface area contributed by atoms with Crippen molar-refractivity contribution in [3.8, 4) is 0 Å². The monoisotopic (exact) mass is 180 g/mol. The van der Waals surface area contributed by atoms with Crippen LogP contribution < -0.4 is 0 Å². The summed E-state index contributed by atoms with van der Waals surface area (Å²) in [5, 5.41) is 0. The van der Waals surface area contributed by atoms with E-state index in [0.717, 1.165) is 12.0 Å². The molecule has 0 bridgehead atoms. The van der Waals surface area contributed by atoms with Gasteiger partial charge in [0.15, 0.2) is 0 Å². The predicted octanol–water partition coefficient (Wildman–Crippen LogP) is 2.69. The summed E-state index contributed by atoms with van der Waals surface area (Å²) in [6, 6.07) is 0.865. The highest BCUT2D eigenvalue weighted by atomic mass is 15.2. The minimum absolute atomic E-state index is 0.687. The van der Waals surface area contributed by atoms with Gasteiger partial charge in [0.1, 0.15) is 6.54 Å². The molecule has 1 aliphatic heterocycles. The molecule has 0 aromatic rings. The first-order valence-electron chi connectivity index (χ1n) is 5.71. The van der Waals surface area contributed by atoms with E-state index in [1.54, 1.807) is 5.71 Å². The molecule has 0 radical (unpaired) electrons. The lowest BCUT2D eigenvalue weighted by molar-refractivity contribution is -0.479. The van der Waals surface area contributed by atoms with E-state index in [1.807, 2.05) is 0 Å². The summed E-state index contributed by atoms with van der Waals surface area (Å²) in [6.07, 6.45) is 4.28. The molecule has 1 atom stereocenters. The molecule has 13 heavy (non-hydrogen) atoms. The van der Waals surface area contributed by atoms with Crippen molar-refractivity contribution < 1.29 is 4.58 Å². The van der Waals surface area contributed by atoms with Gasteiger partial charge in [-0.15, -0.1) is 0 Å². The van der Waals surface area contributed by atoms with Crippen molar-refractivity contribution >= 4 is 5.71 Å². The van der Waals surface area contributed by atoms with Crippen molar-refractivity contribution in [2.45, 2.75) is 53.0 Å². The summed E-state index contributed by atoms with van der Waals surface area (Å²) < 4.78 is 2.56. The summed E-state index contributed by atoms with van der Waals surface area (Å²) in [6.45, 7) is 10.6. The summed E-state index contributed by atoms with van der Waals surface area (Å²) in [4.78, 5) is 0. The third-order valence-electron chi connectivity index (χ3n) is 4.30. The first kappa shape index (κ1) is 9.23. The maximum atomic E-state index is 2.56. The maximum absolute atomic E-state index is 2.56. The van der Waals surface area contributed by atoms with Crippen LogP contribution in [0.25, 0.3) is 0 Å². The van der Waals surface area contributed by atoms with Crippen LogP contribution >= 0.6 is 0 Å². The van der Waals surface area contributed by atoms with Crippen LogP contribution in [-0.2, 0) is 0 Å². The van der Waals surface area contributed by atoms with E-state index < -0.39 is 0 Å². The zero-order valence-electron chi connectivity index (χ0n) is 9.43. The number of rotatable bonds is 3. The molecule has 74 valence electrons. The fourth-order valence-corrected chi connectivity index (χ4v) is 3.13. The van der Waals surface area contributed by atoms with Crippen molar-refractivity contribution in [2.75, 3.05) is 6.54 Å². The van der Waals surface area contributed by atoms with Crippen molar-refractivity contribution in [2.24, 2.45) is 11.3 Å². The largest absolute Gasteiger partial charge is 0.233 e. The lowest BCUT2D eigenvalue weighted by Crippen LogP contribution is -2.39. The van der Waals surface area contributed by atoms with Crippen LogP contribution in [0.3, 0.4) is 0 Å². The molecule has 2 aliphatic rings. The van der Waals surface area contributed by atoms with Crippen molar-refractivity contribution in [1.82, 2.24) is 0 Å². The lowest BCUT2D eigenvalue weighted by atomic mass is 9.60. The van der Waals surface area contributed by atoms with Gasteiger partial charge in [-0.3, -0.25) is 0 Å². The standard InChI is InChI=1S/C12H22N/c1-5-12(4)7-10(8-12)11-9(3)13(11)6-2/h10-11H,5-8H2,1-4H3/q+1. The van der Waals surface area contributed by atoms with Crippen molar-refractivity contribution in [3.05, 3.63) is 0 Å². The van der Waals surface area contributed by atoms with Crippen LogP contribution in [0.1, 0.15) is 47.0 Å². The zero-order valence-corrected chi connectivity index (χ0v) is 9.43. The molecular formula is C12H22N+. The normalized spacial score (nSPS) is 43.4. The van der Waals surface area contributed by atoms with Gasteiger partial charge in [-0.1, -0.05) is 20.3 Å². The van der Waals surface area contributed by atoms with Gasteiger partial charge >= 0.3 is 0 Å². The fourth-order valence-electron chi connectivity index (χ4n) is 3.13. The Balaban J connectivity index is 1.84. The maximum Gasteiger partial charge on any atom is 0.233 e. The van der Waals surface area contributed by atoms with E-state index in [4.69, 9.17) is 0 Å². The van der Waals surface area contributed by atoms with Crippen LogP contribution in [0.4, 0.5) is 0 Å². The van der Waals surface area contributed by atoms with E-state index in [2.05, 4.69) is 32.3 Å². The Labute approximate surface area is 81.8 Å². The second kappa shape index (κ2) is 2.83. The molecule has 0 spiro atoms. The molecule has 1 heteroatoms. The molecule has 1 saturated carbocycles. The van der Waals surface area contributed by atoms with Crippen LogP contribution in [0, 0.1) is 11.3 Å². The van der Waals surface area contributed by atoms with Gasteiger partial charge < -0.3 is 0 Å². The topological polar surface area (TPSA) is 3.01 Å². The SMILES string of the molecule is CC[N+]1=C(C)C1C1CC(C)(CC)C1. The van der Waals surface area contributed by atoms with E-state index in [0.29, 0.717) is 5.41 Å². The summed E-state index contributed by atoms with van der Waals surface area (Å²) >= 11 is 0. The second-order valence-electron chi connectivity index (χ2n) is 5.20. The summed E-state index contributed by atoms with van der Waals surface area (Å²) in [7, 11) is 0. The van der Waals surface area contributed by atoms with Gasteiger partial charge in [-0.05, 0) is 25.2 Å². The molecule has 0 aromatic heterocycles. The molecule has 0 amide bonds. The average molecular weight is 180 g/mol. The van der Waals surface area contributed by atoms with Crippen LogP contribution in [0.15, 0.2) is 0 Å². The Bertz CT molecular complexity index is 246. The molecule has 1 aliphatic carbocycles. The lowest BCUT2D eigenvalue weighted by Gasteiger charge is -2.43. The molecule has 1 unspecified atom stereocenters. The van der Waals surface area contributed by atoms with Gasteiger partial charge in [0.25, 0.3) is 0 Å². The molecule has 1 heterocycles. The fraction of sp³-hybridized carbons (Fsp3) is 0.917. The van der Waals surface area contributed by atoms with Gasteiger partial charge in [-0.2, -0.15) is 0 Å². The molecule has 1 nitrogen and oxygen atoms in total. The Morgan fingerprint density at radius 3 is 2.38 bits per heavy atom. The van der Waals surface area contributed by atoms with Crippen LogP contribution in [-0.4, -0.2) is 22.9 Å². The quantitative estimate of drug-likeness (QED) is 0.587.